The van der Waals surface area contributed by atoms with E-state index in [-0.39, 0.29) is 5.41 Å². The number of rotatable bonds is 10. The van der Waals surface area contributed by atoms with Crippen molar-refractivity contribution in [3.8, 4) is 5.75 Å². The van der Waals surface area contributed by atoms with E-state index in [1.54, 1.807) is 35.1 Å². The molecule has 1 nitrogen and oxygen atoms in total. The third-order valence-electron chi connectivity index (χ3n) is 9.92. The molecular weight excluding hydrogens is 542 g/mol. The van der Waals surface area contributed by atoms with Gasteiger partial charge < -0.3 is 0 Å². The number of ether oxygens (including phenoxy) is 1. The Bertz CT molecular complexity index is 1050. The maximum atomic E-state index is 6.52. The standard InChI is InChI=1S/C25H39OSi.2C4H11Si.Sc/c1-12-27(13-2,24-19(6)17(4)18(5)20(24)7)22-15-16(3)14-21(23(22)26-11)25(8,9)10;2*1-5(2,3)4;/h14-15H,12-13H2,1-11H3;2*1H2,2-4H3;. The third-order valence-corrected chi connectivity index (χ3v) is 43.1. The zero-order valence-electron chi connectivity index (χ0n) is 28.5. The number of allylic oxidation sites excluding steroid dienone is 4. The van der Waals surface area contributed by atoms with Crippen LogP contribution in [-0.4, -0.2) is 31.3 Å². The summed E-state index contributed by atoms with van der Waals surface area (Å²) < 4.78 is 10.0. The molecule has 214 valence electrons. The minimum absolute atomic E-state index is 0.0512. The van der Waals surface area contributed by atoms with Gasteiger partial charge in [-0.15, -0.1) is 0 Å². The van der Waals surface area contributed by atoms with Crippen molar-refractivity contribution in [1.29, 1.82) is 0 Å². The Morgan fingerprint density at radius 3 is 1.50 bits per heavy atom. The summed E-state index contributed by atoms with van der Waals surface area (Å²) in [4.78, 5) is 0. The van der Waals surface area contributed by atoms with Gasteiger partial charge in [-0.25, -0.2) is 0 Å². The zero-order valence-corrected chi connectivity index (χ0v) is 33.3. The molecule has 1 aliphatic rings. The Hall–Kier alpha value is 0.0208. The van der Waals surface area contributed by atoms with E-state index in [1.807, 2.05) is 7.11 Å². The maximum absolute atomic E-state index is 6.52. The molecule has 5 heteroatoms. The molecule has 0 radical (unpaired) electrons. The van der Waals surface area contributed by atoms with Crippen LogP contribution in [0.4, 0.5) is 0 Å². The van der Waals surface area contributed by atoms with Crippen molar-refractivity contribution in [3.05, 3.63) is 45.6 Å². The van der Waals surface area contributed by atoms with Gasteiger partial charge in [0, 0.05) is 0 Å². The van der Waals surface area contributed by atoms with Crippen LogP contribution in [0.1, 0.15) is 73.4 Å². The Labute approximate surface area is 248 Å². The molecule has 0 fully saturated rings. The normalized spacial score (nSPS) is 17.0. The number of methoxy groups -OCH3 is 1. The monoisotopic (exact) mass is 602 g/mol. The summed E-state index contributed by atoms with van der Waals surface area (Å²) in [5.41, 5.74) is 9.66. The molecule has 38 heavy (non-hydrogen) atoms. The van der Waals surface area contributed by atoms with Crippen LogP contribution in [0, 0.1) is 6.92 Å². The van der Waals surface area contributed by atoms with Crippen LogP contribution in [-0.2, 0) is 26.9 Å². The molecule has 0 unspecified atom stereocenters. The van der Waals surface area contributed by atoms with Crippen molar-refractivity contribution in [3.63, 3.8) is 0 Å². The average molecular weight is 603 g/mol. The van der Waals surface area contributed by atoms with Gasteiger partial charge in [-0.3, -0.25) is 0 Å². The molecule has 0 aliphatic heterocycles. The number of benzene rings is 1. The molecule has 1 aromatic rings. The first-order valence-electron chi connectivity index (χ1n) is 15.2. The molecule has 0 spiro atoms. The van der Waals surface area contributed by atoms with Gasteiger partial charge in [0.15, 0.2) is 0 Å². The second kappa shape index (κ2) is 11.7. The van der Waals surface area contributed by atoms with Crippen molar-refractivity contribution < 1.29 is 26.2 Å². The topological polar surface area (TPSA) is 9.23 Å². The second-order valence-electron chi connectivity index (χ2n) is 16.0. The van der Waals surface area contributed by atoms with Gasteiger partial charge in [-0.05, 0) is 0 Å². The van der Waals surface area contributed by atoms with Gasteiger partial charge in [0.25, 0.3) is 0 Å². The summed E-state index contributed by atoms with van der Waals surface area (Å²) in [5, 5.41) is 1.64. The Morgan fingerprint density at radius 1 is 0.763 bits per heavy atom. The van der Waals surface area contributed by atoms with Crippen LogP contribution in [0.2, 0.25) is 61.8 Å². The van der Waals surface area contributed by atoms with Crippen LogP contribution in [0.3, 0.4) is 0 Å². The number of hydrogen-bond donors (Lipinski definition) is 0. The molecular formula is C33H61OScSi3. The molecule has 1 aliphatic carbocycles. The van der Waals surface area contributed by atoms with Gasteiger partial charge in [-0.1, -0.05) is 0 Å². The van der Waals surface area contributed by atoms with E-state index in [1.165, 1.54) is 29.0 Å². The van der Waals surface area contributed by atoms with Crippen LogP contribution < -0.4 is 9.92 Å². The Balaban J connectivity index is 3.24. The molecule has 0 aromatic heterocycles. The molecule has 0 heterocycles. The van der Waals surface area contributed by atoms with E-state index in [4.69, 9.17) is 4.74 Å². The number of hydrogen-bond acceptors (Lipinski definition) is 1. The average Bonchev–Trinajstić information content (AvgIpc) is 2.93. The van der Waals surface area contributed by atoms with Crippen molar-refractivity contribution in [1.82, 2.24) is 0 Å². The molecule has 0 amide bonds. The van der Waals surface area contributed by atoms with Gasteiger partial charge in [0.05, 0.1) is 0 Å². The fourth-order valence-electron chi connectivity index (χ4n) is 8.32. The van der Waals surface area contributed by atoms with E-state index in [0.717, 1.165) is 0 Å². The van der Waals surface area contributed by atoms with Crippen molar-refractivity contribution in [2.75, 3.05) is 7.11 Å². The summed E-state index contributed by atoms with van der Waals surface area (Å²) in [6.07, 6.45) is 0. The first-order chi connectivity index (χ1) is 17.1. The second-order valence-corrected chi connectivity index (χ2v) is 40.2. The fraction of sp³-hybridized carbons (Fsp3) is 0.697. The van der Waals surface area contributed by atoms with E-state index in [9.17, 15) is 0 Å². The van der Waals surface area contributed by atoms with Crippen LogP contribution in [0.15, 0.2) is 34.4 Å². The van der Waals surface area contributed by atoms with Crippen molar-refractivity contribution in [2.24, 2.45) is 0 Å². The summed E-state index contributed by atoms with van der Waals surface area (Å²) >= 11 is -1.98. The molecule has 0 bridgehead atoms. The molecule has 0 N–H and O–H groups in total. The van der Waals surface area contributed by atoms with Gasteiger partial charge in [0.2, 0.25) is 0 Å². The third kappa shape index (κ3) is 6.11. The molecule has 0 saturated carbocycles. The summed E-state index contributed by atoms with van der Waals surface area (Å²) in [7, 11) is -2.72. The van der Waals surface area contributed by atoms with Crippen LogP contribution in [0.5, 0.6) is 5.75 Å². The summed E-state index contributed by atoms with van der Waals surface area (Å²) in [6.45, 7) is 40.5. The van der Waals surface area contributed by atoms with Crippen LogP contribution >= 0.6 is 0 Å². The predicted molar refractivity (Wildman–Crippen MR) is 179 cm³/mol. The quantitative estimate of drug-likeness (QED) is 0.242. The SMILES string of the molecule is CC[Si](CC)(c1cc(C)cc(C(C)(C)C)c1OC)[C]1([Sc]([CH2][Si](C)(C)C)[CH2][Si](C)(C)C)C(C)=C(C)C(C)=C1C. The van der Waals surface area contributed by atoms with E-state index in [0.29, 0.717) is 2.79 Å². The molecule has 2 rings (SSSR count). The zero-order chi connectivity index (χ0) is 29.6. The number of aryl methyl sites for hydroxylation is 1. The van der Waals surface area contributed by atoms with Crippen molar-refractivity contribution >= 4 is 29.4 Å². The first kappa shape index (κ1) is 34.2. The molecule has 0 atom stereocenters. The van der Waals surface area contributed by atoms with E-state index < -0.39 is 45.7 Å². The Kier molecular flexibility index (Phi) is 10.6. The van der Waals surface area contributed by atoms with E-state index in [2.05, 4.69) is 121 Å². The van der Waals surface area contributed by atoms with Gasteiger partial charge in [-0.2, -0.15) is 0 Å². The van der Waals surface area contributed by atoms with Gasteiger partial charge in [0.1, 0.15) is 0 Å². The fourth-order valence-corrected chi connectivity index (χ4v) is 49.2. The summed E-state index contributed by atoms with van der Waals surface area (Å²) in [5.74, 6) is 1.22. The van der Waals surface area contributed by atoms with Crippen molar-refractivity contribution in [2.45, 2.75) is 136 Å². The summed E-state index contributed by atoms with van der Waals surface area (Å²) in [6, 6.07) is 7.60. The first-order valence-corrected chi connectivity index (χ1v) is 28.5. The van der Waals surface area contributed by atoms with Gasteiger partial charge >= 0.3 is 250 Å². The van der Waals surface area contributed by atoms with E-state index >= 15 is 0 Å². The predicted octanol–water partition coefficient (Wildman–Crippen LogP) is 10.6. The van der Waals surface area contributed by atoms with Crippen LogP contribution in [0.25, 0.3) is 0 Å². The molecule has 1 aromatic carbocycles. The molecule has 0 saturated heterocycles. The Morgan fingerprint density at radius 2 is 1.18 bits per heavy atom. The minimum atomic E-state index is -2.13.